The monoisotopic (exact) mass is 361 g/mol. The quantitative estimate of drug-likeness (QED) is 0.340. The largest absolute Gasteiger partial charge is 0.393 e. The van der Waals surface area contributed by atoms with Crippen molar-refractivity contribution in [2.24, 2.45) is 11.8 Å². The van der Waals surface area contributed by atoms with Crippen LogP contribution in [0.25, 0.3) is 0 Å². The number of rotatable bonds is 4. The van der Waals surface area contributed by atoms with Crippen LogP contribution in [0.5, 0.6) is 0 Å². The number of hydrogen-bond donors (Lipinski definition) is 1. The number of hydrogen-bond acceptors (Lipinski definition) is 8. The minimum Gasteiger partial charge on any atom is -0.393 e. The van der Waals surface area contributed by atoms with Gasteiger partial charge in [-0.1, -0.05) is 0 Å². The third-order valence-corrected chi connectivity index (χ3v) is 5.09. The summed E-state index contributed by atoms with van der Waals surface area (Å²) in [6.45, 7) is -0.701. The molecule has 3 aliphatic rings. The van der Waals surface area contributed by atoms with E-state index < -0.39 is 51.4 Å². The van der Waals surface area contributed by atoms with Crippen LogP contribution in [0.3, 0.4) is 0 Å². The number of aliphatic hydroxyl groups is 1. The van der Waals surface area contributed by atoms with E-state index >= 15 is 0 Å². The Labute approximate surface area is 144 Å². The number of anilines is 1. The summed E-state index contributed by atoms with van der Waals surface area (Å²) in [7, 11) is 0. The van der Waals surface area contributed by atoms with Gasteiger partial charge in [0, 0.05) is 18.2 Å². The molecule has 0 aliphatic carbocycles. The van der Waals surface area contributed by atoms with Crippen molar-refractivity contribution in [3.63, 3.8) is 0 Å². The van der Waals surface area contributed by atoms with E-state index in [1.54, 1.807) is 0 Å². The van der Waals surface area contributed by atoms with Gasteiger partial charge in [0.15, 0.2) is 5.92 Å². The van der Waals surface area contributed by atoms with Crippen LogP contribution < -0.4 is 4.90 Å². The van der Waals surface area contributed by atoms with Gasteiger partial charge in [-0.25, -0.2) is 4.90 Å². The maximum absolute atomic E-state index is 12.9. The highest BCUT2D eigenvalue weighted by Gasteiger charge is 2.79. The predicted octanol–water partition coefficient (Wildman–Crippen LogP) is 0.00450. The molecule has 2 fully saturated rings. The van der Waals surface area contributed by atoms with Crippen LogP contribution in [-0.4, -0.2) is 44.7 Å². The van der Waals surface area contributed by atoms with E-state index in [9.17, 15) is 34.9 Å². The van der Waals surface area contributed by atoms with Gasteiger partial charge in [0.1, 0.15) is 5.60 Å². The fourth-order valence-corrected chi connectivity index (χ4v) is 3.92. The normalized spacial score (nSPS) is 34.4. The van der Waals surface area contributed by atoms with Crippen molar-refractivity contribution in [3.05, 3.63) is 56.6 Å². The fourth-order valence-electron chi connectivity index (χ4n) is 3.92. The lowest BCUT2D eigenvalue weighted by Crippen LogP contribution is -2.46. The summed E-state index contributed by atoms with van der Waals surface area (Å²) >= 11 is 0. The number of amides is 2. The molecule has 11 nitrogen and oxygen atoms in total. The molecule has 2 amide bonds. The lowest BCUT2D eigenvalue weighted by Gasteiger charge is -2.25. The van der Waals surface area contributed by atoms with E-state index in [2.05, 4.69) is 0 Å². The zero-order valence-corrected chi connectivity index (χ0v) is 13.0. The van der Waals surface area contributed by atoms with Crippen molar-refractivity contribution >= 4 is 23.2 Å². The molecule has 26 heavy (non-hydrogen) atoms. The molecule has 1 aromatic carbocycles. The van der Waals surface area contributed by atoms with Gasteiger partial charge in [-0.15, -0.1) is 0 Å². The zero-order valence-electron chi connectivity index (χ0n) is 13.0. The van der Waals surface area contributed by atoms with Gasteiger partial charge in [0.2, 0.25) is 11.8 Å². The number of nitro groups is 2. The highest BCUT2D eigenvalue weighted by Crippen LogP contribution is 2.57. The van der Waals surface area contributed by atoms with Gasteiger partial charge in [-0.3, -0.25) is 34.6 Å². The third kappa shape index (κ3) is 1.73. The van der Waals surface area contributed by atoms with Gasteiger partial charge in [0.25, 0.3) is 5.69 Å². The number of benzene rings is 1. The minimum absolute atomic E-state index is 0.0611. The Morgan fingerprint density at radius 3 is 2.23 bits per heavy atom. The van der Waals surface area contributed by atoms with Gasteiger partial charge in [-0.2, -0.15) is 0 Å². The molecule has 1 aromatic rings. The summed E-state index contributed by atoms with van der Waals surface area (Å²) in [4.78, 5) is 47.4. The summed E-state index contributed by atoms with van der Waals surface area (Å²) in [6.07, 6.45) is 2.34. The molecule has 0 spiro atoms. The van der Waals surface area contributed by atoms with Crippen molar-refractivity contribution in [1.29, 1.82) is 0 Å². The number of aliphatic hydroxyl groups excluding tert-OH is 1. The number of ether oxygens (including phenoxy) is 1. The maximum Gasteiger partial charge on any atom is 0.358 e. The average molecular weight is 361 g/mol. The van der Waals surface area contributed by atoms with E-state index in [4.69, 9.17) is 4.74 Å². The number of nitro benzene ring substituents is 1. The van der Waals surface area contributed by atoms with Crippen molar-refractivity contribution in [1.82, 2.24) is 0 Å². The Bertz CT molecular complexity index is 897. The Kier molecular flexibility index (Phi) is 3.09. The van der Waals surface area contributed by atoms with Crippen LogP contribution >= 0.6 is 0 Å². The second kappa shape index (κ2) is 4.93. The first-order chi connectivity index (χ1) is 12.3. The number of imide groups is 1. The molecule has 3 heterocycles. The van der Waals surface area contributed by atoms with Crippen molar-refractivity contribution in [3.8, 4) is 0 Å². The SMILES string of the molecule is O=C1C2C(C(=O)N1c1ccc([N+](=O)[O-])cc1)C1([N+](=O)[O-])C=CC2(CO)O1. The molecule has 2 saturated heterocycles. The fraction of sp³-hybridized carbons (Fsp3) is 0.333. The van der Waals surface area contributed by atoms with Crippen LogP contribution in [0.15, 0.2) is 36.4 Å². The molecule has 0 saturated carbocycles. The molecule has 0 radical (unpaired) electrons. The summed E-state index contributed by atoms with van der Waals surface area (Å²) in [5.41, 5.74) is -4.02. The second-order valence-corrected chi connectivity index (χ2v) is 6.30. The Morgan fingerprint density at radius 1 is 1.08 bits per heavy atom. The first kappa shape index (κ1) is 16.3. The van der Waals surface area contributed by atoms with Crippen LogP contribution in [-0.2, 0) is 14.3 Å². The second-order valence-electron chi connectivity index (χ2n) is 6.30. The molecule has 0 aromatic heterocycles. The summed E-state index contributed by atoms with van der Waals surface area (Å²) in [5.74, 6) is -4.26. The lowest BCUT2D eigenvalue weighted by molar-refractivity contribution is -0.613. The van der Waals surface area contributed by atoms with Crippen molar-refractivity contribution in [2.75, 3.05) is 11.5 Å². The summed E-state index contributed by atoms with van der Waals surface area (Å²) in [6, 6.07) is 4.68. The number of carbonyl (C=O) groups is 2. The zero-order chi connectivity index (χ0) is 18.9. The molecule has 2 bridgehead atoms. The molecular weight excluding hydrogens is 350 g/mol. The minimum atomic E-state index is -2.21. The van der Waals surface area contributed by atoms with E-state index in [0.717, 1.165) is 23.1 Å². The van der Waals surface area contributed by atoms with Crippen LogP contribution in [0, 0.1) is 32.1 Å². The van der Waals surface area contributed by atoms with E-state index in [0.29, 0.717) is 0 Å². The van der Waals surface area contributed by atoms with Gasteiger partial charge in [-0.05, 0) is 18.2 Å². The highest BCUT2D eigenvalue weighted by molar-refractivity contribution is 6.23. The van der Waals surface area contributed by atoms with Crippen LogP contribution in [0.4, 0.5) is 11.4 Å². The van der Waals surface area contributed by atoms with Crippen molar-refractivity contribution < 1.29 is 29.3 Å². The Hall–Kier alpha value is -3.18. The van der Waals surface area contributed by atoms with Gasteiger partial charge in [0.05, 0.1) is 28.1 Å². The van der Waals surface area contributed by atoms with E-state index in [-0.39, 0.29) is 11.4 Å². The first-order valence-corrected chi connectivity index (χ1v) is 7.55. The summed E-state index contributed by atoms with van der Waals surface area (Å²) in [5, 5.41) is 32.0. The molecule has 4 atom stereocenters. The molecular formula is C15H11N3O8. The van der Waals surface area contributed by atoms with E-state index in [1.165, 1.54) is 18.2 Å². The third-order valence-electron chi connectivity index (χ3n) is 5.09. The topological polar surface area (TPSA) is 153 Å². The maximum atomic E-state index is 12.9. The number of non-ortho nitro benzene ring substituents is 1. The average Bonchev–Trinajstić information content (AvgIpc) is 3.23. The van der Waals surface area contributed by atoms with E-state index in [1.807, 2.05) is 0 Å². The molecule has 3 aliphatic heterocycles. The van der Waals surface area contributed by atoms with Crippen molar-refractivity contribution in [2.45, 2.75) is 11.3 Å². The molecule has 1 N–H and O–H groups in total. The standard InChI is InChI=1S/C15H11N3O8/c19-7-14-5-6-15(26-14,18(24)25)11-10(14)12(20)16(13(11)21)8-1-3-9(4-2-8)17(22)23/h1-6,10-11,19H,7H2. The Balaban J connectivity index is 1.79. The molecule has 4 rings (SSSR count). The smallest absolute Gasteiger partial charge is 0.358 e. The number of fused-ring (bicyclic) bond motifs is 5. The molecule has 4 unspecified atom stereocenters. The lowest BCUT2D eigenvalue weighted by atomic mass is 9.75. The first-order valence-electron chi connectivity index (χ1n) is 7.55. The van der Waals surface area contributed by atoms with Crippen LogP contribution in [0.1, 0.15) is 0 Å². The number of carbonyl (C=O) groups excluding carboxylic acids is 2. The predicted molar refractivity (Wildman–Crippen MR) is 82.3 cm³/mol. The molecule has 11 heteroatoms. The summed E-state index contributed by atoms with van der Waals surface area (Å²) < 4.78 is 5.38. The van der Waals surface area contributed by atoms with Crippen LogP contribution in [0.2, 0.25) is 0 Å². The van der Waals surface area contributed by atoms with Gasteiger partial charge >= 0.3 is 5.72 Å². The number of nitrogens with zero attached hydrogens (tertiary/aromatic N) is 3. The van der Waals surface area contributed by atoms with Gasteiger partial charge < -0.3 is 5.11 Å². The molecule has 134 valence electrons. The highest BCUT2D eigenvalue weighted by atomic mass is 16.7. The Morgan fingerprint density at radius 2 is 1.69 bits per heavy atom.